The van der Waals surface area contributed by atoms with Crippen LogP contribution in [0.1, 0.15) is 36.8 Å². The summed E-state index contributed by atoms with van der Waals surface area (Å²) in [5.41, 5.74) is 3.12. The first-order valence-corrected chi connectivity index (χ1v) is 11.5. The highest BCUT2D eigenvalue weighted by atomic mass is 16.5. The summed E-state index contributed by atoms with van der Waals surface area (Å²) in [5, 5.41) is 6.21. The second-order valence-electron chi connectivity index (χ2n) is 9.22. The normalized spacial score (nSPS) is 24.6. The lowest BCUT2D eigenvalue weighted by atomic mass is 9.65. The van der Waals surface area contributed by atoms with Crippen molar-refractivity contribution < 1.29 is 19.0 Å². The second kappa shape index (κ2) is 9.51. The van der Waals surface area contributed by atoms with Gasteiger partial charge in [0.1, 0.15) is 5.75 Å². The van der Waals surface area contributed by atoms with Crippen molar-refractivity contribution in [3.05, 3.63) is 47.5 Å². The Morgan fingerprint density at radius 2 is 1.82 bits per heavy atom. The standard InChI is InChI=1S/C26H35N3O4/c1-17-14-20(31-3)7-8-21(17)28-25(30)27-19-10-11-26(12-13-29(2)24(26)16-19)18-6-9-22(32-4)23(15-18)33-5/h6-9,14-15,19,24H,10-13,16H2,1-5H3,(H2,27,28,30). The van der Waals surface area contributed by atoms with Crippen LogP contribution < -0.4 is 24.8 Å². The Balaban J connectivity index is 1.47. The number of carbonyl (C=O) groups excluding carboxylic acids is 1. The number of ether oxygens (including phenoxy) is 3. The van der Waals surface area contributed by atoms with Crippen LogP contribution in [0.2, 0.25) is 0 Å². The number of methoxy groups -OCH3 is 3. The third-order valence-corrected chi connectivity index (χ3v) is 7.50. The maximum absolute atomic E-state index is 12.8. The van der Waals surface area contributed by atoms with Gasteiger partial charge in [0.05, 0.1) is 21.3 Å². The molecule has 0 bridgehead atoms. The number of fused-ring (bicyclic) bond motifs is 1. The van der Waals surface area contributed by atoms with E-state index in [0.717, 1.165) is 60.7 Å². The molecule has 2 fully saturated rings. The fraction of sp³-hybridized carbons (Fsp3) is 0.500. The highest BCUT2D eigenvalue weighted by Crippen LogP contribution is 2.49. The van der Waals surface area contributed by atoms with Crippen LogP contribution in [0, 0.1) is 6.92 Å². The Kier molecular flexibility index (Phi) is 6.70. The first kappa shape index (κ1) is 23.2. The van der Waals surface area contributed by atoms with E-state index in [-0.39, 0.29) is 17.5 Å². The summed E-state index contributed by atoms with van der Waals surface area (Å²) in [6.07, 6.45) is 3.98. The van der Waals surface area contributed by atoms with Gasteiger partial charge in [0.15, 0.2) is 11.5 Å². The minimum Gasteiger partial charge on any atom is -0.497 e. The molecule has 1 aliphatic carbocycles. The molecule has 1 aliphatic heterocycles. The zero-order valence-corrected chi connectivity index (χ0v) is 20.2. The Hall–Kier alpha value is -2.93. The number of hydrogen-bond acceptors (Lipinski definition) is 5. The van der Waals surface area contributed by atoms with Crippen LogP contribution in [-0.2, 0) is 5.41 Å². The number of urea groups is 1. The molecule has 2 aliphatic rings. The Labute approximate surface area is 196 Å². The molecular weight excluding hydrogens is 418 g/mol. The minimum atomic E-state index is -0.160. The molecule has 7 nitrogen and oxygen atoms in total. The van der Waals surface area contributed by atoms with Gasteiger partial charge >= 0.3 is 6.03 Å². The molecule has 0 aromatic heterocycles. The van der Waals surface area contributed by atoms with E-state index in [1.165, 1.54) is 5.56 Å². The number of carbonyl (C=O) groups is 1. The Morgan fingerprint density at radius 3 is 2.52 bits per heavy atom. The average Bonchev–Trinajstić information content (AvgIpc) is 3.16. The zero-order chi connectivity index (χ0) is 23.6. The number of benzene rings is 2. The summed E-state index contributed by atoms with van der Waals surface area (Å²) in [6.45, 7) is 3.01. The predicted octanol–water partition coefficient (Wildman–Crippen LogP) is 4.34. The molecule has 178 valence electrons. The molecule has 3 unspecified atom stereocenters. The molecule has 2 aromatic carbocycles. The molecule has 1 saturated carbocycles. The first-order chi connectivity index (χ1) is 15.9. The third-order valence-electron chi connectivity index (χ3n) is 7.50. The molecule has 1 saturated heterocycles. The SMILES string of the molecule is COc1ccc(NC(=O)NC2CCC3(c4ccc(OC)c(OC)c4)CCN(C)C3C2)c(C)c1. The van der Waals surface area contributed by atoms with E-state index in [4.69, 9.17) is 14.2 Å². The summed E-state index contributed by atoms with van der Waals surface area (Å²) < 4.78 is 16.3. The van der Waals surface area contributed by atoms with E-state index in [1.807, 2.05) is 31.2 Å². The average molecular weight is 454 g/mol. The lowest BCUT2D eigenvalue weighted by molar-refractivity contribution is 0.156. The molecule has 0 radical (unpaired) electrons. The molecule has 1 heterocycles. The van der Waals surface area contributed by atoms with Gasteiger partial charge in [0, 0.05) is 23.2 Å². The van der Waals surface area contributed by atoms with Crippen LogP contribution in [0.5, 0.6) is 17.2 Å². The highest BCUT2D eigenvalue weighted by molar-refractivity contribution is 5.90. The van der Waals surface area contributed by atoms with Crippen LogP contribution in [0.4, 0.5) is 10.5 Å². The van der Waals surface area contributed by atoms with Crippen molar-refractivity contribution in [2.75, 3.05) is 40.2 Å². The second-order valence-corrected chi connectivity index (χ2v) is 9.22. The van der Waals surface area contributed by atoms with Crippen LogP contribution in [0.3, 0.4) is 0 Å². The minimum absolute atomic E-state index is 0.0650. The summed E-state index contributed by atoms with van der Waals surface area (Å²) in [6, 6.07) is 12.3. The maximum Gasteiger partial charge on any atom is 0.319 e. The smallest absolute Gasteiger partial charge is 0.319 e. The number of likely N-dealkylation sites (tertiary alicyclic amines) is 1. The largest absolute Gasteiger partial charge is 0.497 e. The van der Waals surface area contributed by atoms with Gasteiger partial charge in [-0.1, -0.05) is 6.07 Å². The fourth-order valence-electron chi connectivity index (χ4n) is 5.64. The number of rotatable bonds is 6. The summed E-state index contributed by atoms with van der Waals surface area (Å²) in [7, 11) is 7.18. The topological polar surface area (TPSA) is 72.1 Å². The molecule has 3 atom stereocenters. The van der Waals surface area contributed by atoms with E-state index in [1.54, 1.807) is 21.3 Å². The van der Waals surface area contributed by atoms with Crippen molar-refractivity contribution in [1.29, 1.82) is 0 Å². The van der Waals surface area contributed by atoms with Gasteiger partial charge in [0.25, 0.3) is 0 Å². The lowest BCUT2D eigenvalue weighted by Gasteiger charge is -2.45. The lowest BCUT2D eigenvalue weighted by Crippen LogP contribution is -2.52. The van der Waals surface area contributed by atoms with Crippen LogP contribution in [0.25, 0.3) is 0 Å². The van der Waals surface area contributed by atoms with E-state index in [9.17, 15) is 4.79 Å². The van der Waals surface area contributed by atoms with E-state index in [0.29, 0.717) is 6.04 Å². The van der Waals surface area contributed by atoms with Gasteiger partial charge in [-0.05, 0) is 87.7 Å². The van der Waals surface area contributed by atoms with Gasteiger partial charge in [0.2, 0.25) is 0 Å². The van der Waals surface area contributed by atoms with Gasteiger partial charge in [-0.15, -0.1) is 0 Å². The number of nitrogens with one attached hydrogen (secondary N) is 2. The predicted molar refractivity (Wildman–Crippen MR) is 130 cm³/mol. The molecule has 2 N–H and O–H groups in total. The molecule has 4 rings (SSSR count). The quantitative estimate of drug-likeness (QED) is 0.681. The van der Waals surface area contributed by atoms with Crippen molar-refractivity contribution in [3.8, 4) is 17.2 Å². The fourth-order valence-corrected chi connectivity index (χ4v) is 5.64. The Morgan fingerprint density at radius 1 is 1.03 bits per heavy atom. The summed E-state index contributed by atoms with van der Waals surface area (Å²) >= 11 is 0. The Bertz CT molecular complexity index is 1010. The van der Waals surface area contributed by atoms with E-state index >= 15 is 0 Å². The number of anilines is 1. The number of amides is 2. The van der Waals surface area contributed by atoms with Crippen molar-refractivity contribution >= 4 is 11.7 Å². The summed E-state index contributed by atoms with van der Waals surface area (Å²) in [4.78, 5) is 15.2. The van der Waals surface area contributed by atoms with Crippen molar-refractivity contribution in [2.24, 2.45) is 0 Å². The first-order valence-electron chi connectivity index (χ1n) is 11.5. The van der Waals surface area contributed by atoms with Gasteiger partial charge in [-0.3, -0.25) is 0 Å². The van der Waals surface area contributed by atoms with Crippen molar-refractivity contribution in [3.63, 3.8) is 0 Å². The molecule has 33 heavy (non-hydrogen) atoms. The zero-order valence-electron chi connectivity index (χ0n) is 20.2. The molecule has 2 aromatic rings. The number of likely N-dealkylation sites (N-methyl/N-ethyl adjacent to an activating group) is 1. The maximum atomic E-state index is 12.8. The van der Waals surface area contributed by atoms with Crippen LogP contribution in [-0.4, -0.2) is 57.9 Å². The third kappa shape index (κ3) is 4.47. The van der Waals surface area contributed by atoms with Gasteiger partial charge in [-0.2, -0.15) is 0 Å². The molecule has 2 amide bonds. The van der Waals surface area contributed by atoms with Crippen LogP contribution in [0.15, 0.2) is 36.4 Å². The van der Waals surface area contributed by atoms with Crippen molar-refractivity contribution in [2.45, 2.75) is 50.1 Å². The van der Waals surface area contributed by atoms with Gasteiger partial charge in [-0.25, -0.2) is 4.79 Å². The molecular formula is C26H35N3O4. The summed E-state index contributed by atoms with van der Waals surface area (Å²) in [5.74, 6) is 2.30. The van der Waals surface area contributed by atoms with E-state index < -0.39 is 0 Å². The molecule has 7 heteroatoms. The highest BCUT2D eigenvalue weighted by Gasteiger charge is 2.50. The number of nitrogens with zero attached hydrogens (tertiary/aromatic N) is 1. The monoisotopic (exact) mass is 453 g/mol. The van der Waals surface area contributed by atoms with Crippen LogP contribution >= 0.6 is 0 Å². The number of hydrogen-bond donors (Lipinski definition) is 2. The number of aryl methyl sites for hydroxylation is 1. The molecule has 0 spiro atoms. The van der Waals surface area contributed by atoms with Crippen molar-refractivity contribution in [1.82, 2.24) is 10.2 Å². The van der Waals surface area contributed by atoms with Gasteiger partial charge < -0.3 is 29.7 Å². The van der Waals surface area contributed by atoms with E-state index in [2.05, 4.69) is 34.7 Å².